The summed E-state index contributed by atoms with van der Waals surface area (Å²) < 4.78 is 39.0. The lowest BCUT2D eigenvalue weighted by atomic mass is 10.1. The minimum atomic E-state index is -4.28. The van der Waals surface area contributed by atoms with E-state index in [0.717, 1.165) is 11.1 Å². The molecule has 108 valence electrons. The fraction of sp³-hybridized carbons (Fsp3) is 0.0769. The highest BCUT2D eigenvalue weighted by Crippen LogP contribution is 2.37. The van der Waals surface area contributed by atoms with Gasteiger partial charge in [0, 0.05) is 16.7 Å². The number of nitrogens with zero attached hydrogens (tertiary/aromatic N) is 3. The van der Waals surface area contributed by atoms with E-state index in [0.29, 0.717) is 10.4 Å². The molecule has 0 saturated carbocycles. The highest BCUT2D eigenvalue weighted by molar-refractivity contribution is 9.10. The monoisotopic (exact) mass is 373 g/mol. The lowest BCUT2D eigenvalue weighted by molar-refractivity contribution is -0.0328. The number of hydrogen-bond donors (Lipinski definition) is 0. The molecule has 0 unspecified atom stereocenters. The van der Waals surface area contributed by atoms with Crippen molar-refractivity contribution in [3.8, 4) is 11.1 Å². The quantitative estimate of drug-likeness (QED) is 0.606. The average Bonchev–Trinajstić information content (AvgIpc) is 2.78. The van der Waals surface area contributed by atoms with Crippen LogP contribution in [0.1, 0.15) is 0 Å². The second-order valence-corrected chi connectivity index (χ2v) is 5.99. The molecule has 0 aliphatic carbocycles. The maximum absolute atomic E-state index is 12.3. The van der Waals surface area contributed by atoms with Crippen molar-refractivity contribution < 1.29 is 13.2 Å². The average molecular weight is 374 g/mol. The Hall–Kier alpha value is -1.54. The van der Waals surface area contributed by atoms with Crippen LogP contribution in [-0.4, -0.2) is 20.1 Å². The molecule has 0 saturated heterocycles. The van der Waals surface area contributed by atoms with Gasteiger partial charge >= 0.3 is 5.51 Å². The molecule has 0 atom stereocenters. The molecule has 0 aliphatic rings. The van der Waals surface area contributed by atoms with Gasteiger partial charge in [-0.05, 0) is 57.5 Å². The van der Waals surface area contributed by atoms with Crippen LogP contribution in [0.5, 0.6) is 0 Å². The van der Waals surface area contributed by atoms with E-state index in [9.17, 15) is 13.2 Å². The molecule has 21 heavy (non-hydrogen) atoms. The van der Waals surface area contributed by atoms with Crippen LogP contribution in [0.25, 0.3) is 16.8 Å². The van der Waals surface area contributed by atoms with E-state index >= 15 is 0 Å². The molecule has 3 aromatic rings. The normalized spacial score (nSPS) is 12.0. The van der Waals surface area contributed by atoms with Crippen LogP contribution < -0.4 is 0 Å². The van der Waals surface area contributed by atoms with Crippen molar-refractivity contribution in [2.24, 2.45) is 0 Å². The first-order valence-corrected chi connectivity index (χ1v) is 7.40. The number of alkyl halides is 3. The molecule has 3 rings (SSSR count). The van der Waals surface area contributed by atoms with E-state index in [4.69, 9.17) is 0 Å². The van der Waals surface area contributed by atoms with Gasteiger partial charge in [0.25, 0.3) is 0 Å². The number of hydrogen-bond acceptors (Lipinski definition) is 3. The van der Waals surface area contributed by atoms with Gasteiger partial charge in [-0.2, -0.15) is 13.2 Å². The summed E-state index contributed by atoms with van der Waals surface area (Å²) in [4.78, 5) is 4.41. The van der Waals surface area contributed by atoms with Crippen molar-refractivity contribution in [1.82, 2.24) is 14.6 Å². The van der Waals surface area contributed by atoms with Gasteiger partial charge in [0.1, 0.15) is 0 Å². The maximum atomic E-state index is 12.3. The van der Waals surface area contributed by atoms with Gasteiger partial charge < -0.3 is 0 Å². The number of pyridine rings is 1. The Kier molecular flexibility index (Phi) is 3.66. The summed E-state index contributed by atoms with van der Waals surface area (Å²) in [5, 5.41) is 4.13. The number of halogens is 4. The van der Waals surface area contributed by atoms with E-state index in [2.05, 4.69) is 26.0 Å². The fourth-order valence-electron chi connectivity index (χ4n) is 1.94. The van der Waals surface area contributed by atoms with E-state index in [1.807, 2.05) is 12.1 Å². The fourth-order valence-corrected chi connectivity index (χ4v) is 2.82. The highest BCUT2D eigenvalue weighted by Gasteiger charge is 2.29. The summed E-state index contributed by atoms with van der Waals surface area (Å²) >= 11 is 3.08. The summed E-state index contributed by atoms with van der Waals surface area (Å²) in [5.41, 5.74) is -2.05. The van der Waals surface area contributed by atoms with Gasteiger partial charge in [0.05, 0.1) is 0 Å². The zero-order valence-corrected chi connectivity index (χ0v) is 12.7. The molecule has 2 aromatic heterocycles. The Balaban J connectivity index is 1.99. The van der Waals surface area contributed by atoms with Gasteiger partial charge in [-0.3, -0.25) is 0 Å². The summed E-state index contributed by atoms with van der Waals surface area (Å²) in [7, 11) is 0. The zero-order chi connectivity index (χ0) is 15.0. The Morgan fingerprint density at radius 3 is 2.48 bits per heavy atom. The van der Waals surface area contributed by atoms with Crippen LogP contribution in [0.15, 0.2) is 52.2 Å². The third-order valence-electron chi connectivity index (χ3n) is 2.74. The molecule has 0 bridgehead atoms. The van der Waals surface area contributed by atoms with Crippen molar-refractivity contribution in [3.63, 3.8) is 0 Å². The van der Waals surface area contributed by atoms with Crippen LogP contribution in [0.3, 0.4) is 0 Å². The van der Waals surface area contributed by atoms with Crippen LogP contribution in [0.4, 0.5) is 13.2 Å². The third-order valence-corrected chi connectivity index (χ3v) is 3.81. The molecule has 2 heterocycles. The molecule has 0 amide bonds. The van der Waals surface area contributed by atoms with Crippen molar-refractivity contribution >= 4 is 33.3 Å². The molecule has 0 fully saturated rings. The first kappa shape index (κ1) is 14.4. The lowest BCUT2D eigenvalue weighted by Crippen LogP contribution is -1.98. The van der Waals surface area contributed by atoms with Gasteiger partial charge in [-0.25, -0.2) is 9.50 Å². The predicted octanol–water partition coefficient (Wildman–Crippen LogP) is 4.77. The first-order chi connectivity index (χ1) is 9.92. The molecule has 0 aliphatic heterocycles. The molecule has 8 heteroatoms. The van der Waals surface area contributed by atoms with Gasteiger partial charge in [-0.1, -0.05) is 12.1 Å². The maximum Gasteiger partial charge on any atom is 0.446 e. The van der Waals surface area contributed by atoms with Crippen LogP contribution in [0.2, 0.25) is 0 Å². The van der Waals surface area contributed by atoms with Crippen molar-refractivity contribution in [2.45, 2.75) is 10.4 Å². The largest absolute Gasteiger partial charge is 0.446 e. The smallest absolute Gasteiger partial charge is 0.219 e. The second kappa shape index (κ2) is 5.34. The van der Waals surface area contributed by atoms with E-state index in [-0.39, 0.29) is 16.7 Å². The van der Waals surface area contributed by atoms with Gasteiger partial charge in [0.15, 0.2) is 5.65 Å². The Morgan fingerprint density at radius 1 is 1.10 bits per heavy atom. The Labute approximate surface area is 130 Å². The molecule has 3 nitrogen and oxygen atoms in total. The molecule has 0 N–H and O–H groups in total. The van der Waals surface area contributed by atoms with Crippen LogP contribution >= 0.6 is 27.7 Å². The van der Waals surface area contributed by atoms with Crippen molar-refractivity contribution in [2.75, 3.05) is 0 Å². The number of rotatable bonds is 2. The summed E-state index contributed by atoms with van der Waals surface area (Å²) in [6.45, 7) is 0. The summed E-state index contributed by atoms with van der Waals surface area (Å²) in [5.74, 6) is 0. The SMILES string of the molecule is FC(F)(F)Sc1ccc(-c2cccn3nc(Br)nc23)cc1. The van der Waals surface area contributed by atoms with Crippen molar-refractivity contribution in [1.29, 1.82) is 0 Å². The van der Waals surface area contributed by atoms with Crippen LogP contribution in [0, 0.1) is 0 Å². The number of fused-ring (bicyclic) bond motifs is 1. The van der Waals surface area contributed by atoms with Crippen molar-refractivity contribution in [3.05, 3.63) is 47.3 Å². The molecule has 0 radical (unpaired) electrons. The number of aromatic nitrogens is 3. The number of benzene rings is 1. The summed E-state index contributed by atoms with van der Waals surface area (Å²) in [6, 6.07) is 9.84. The first-order valence-electron chi connectivity index (χ1n) is 5.79. The lowest BCUT2D eigenvalue weighted by Gasteiger charge is -2.07. The van der Waals surface area contributed by atoms with E-state index < -0.39 is 5.51 Å². The van der Waals surface area contributed by atoms with E-state index in [1.165, 1.54) is 12.1 Å². The molecule has 1 aromatic carbocycles. The standard InChI is InChI=1S/C13H7BrF3N3S/c14-12-18-11-10(2-1-7-20(11)19-12)8-3-5-9(6-4-8)21-13(15,16)17/h1-7H. The second-order valence-electron chi connectivity index (χ2n) is 4.14. The van der Waals surface area contributed by atoms with Gasteiger partial charge in [-0.15, -0.1) is 5.10 Å². The summed E-state index contributed by atoms with van der Waals surface area (Å²) in [6.07, 6.45) is 1.75. The van der Waals surface area contributed by atoms with Crippen LogP contribution in [-0.2, 0) is 0 Å². The zero-order valence-electron chi connectivity index (χ0n) is 10.3. The topological polar surface area (TPSA) is 30.2 Å². The predicted molar refractivity (Wildman–Crippen MR) is 78.0 cm³/mol. The van der Waals surface area contributed by atoms with E-state index in [1.54, 1.807) is 22.8 Å². The molecular formula is C13H7BrF3N3S. The Morgan fingerprint density at radius 2 is 1.81 bits per heavy atom. The molecule has 0 spiro atoms. The third kappa shape index (κ3) is 3.21. The number of thioether (sulfide) groups is 1. The Bertz CT molecular complexity index is 783. The molecular weight excluding hydrogens is 367 g/mol. The minimum Gasteiger partial charge on any atom is -0.219 e. The van der Waals surface area contributed by atoms with Gasteiger partial charge in [0.2, 0.25) is 4.73 Å². The minimum absolute atomic E-state index is 0.128. The highest BCUT2D eigenvalue weighted by atomic mass is 79.9.